The maximum atomic E-state index is 10.8. The van der Waals surface area contributed by atoms with Crippen molar-refractivity contribution < 1.29 is 4.79 Å². The predicted octanol–water partition coefficient (Wildman–Crippen LogP) is 1.92. The van der Waals surface area contributed by atoms with Crippen molar-refractivity contribution in [2.75, 3.05) is 5.75 Å². The molecular weight excluding hydrogens is 170 g/mol. The number of nitrogens with one attached hydrogen (secondary N) is 1. The average molecular weight is 185 g/mol. The number of carbonyl (C=O) groups excluding carboxylic acids is 1. The third-order valence-corrected chi connectivity index (χ3v) is 3.25. The highest BCUT2D eigenvalue weighted by molar-refractivity contribution is 8.00. The first-order valence-corrected chi connectivity index (χ1v) is 5.22. The van der Waals surface area contributed by atoms with Gasteiger partial charge in [0.1, 0.15) is 0 Å². The van der Waals surface area contributed by atoms with Crippen LogP contribution < -0.4 is 5.32 Å². The number of rotatable bonds is 1. The standard InChI is InChI=1S/C9H15NOS/c1-6-5-12-7(2)4-9(6)10-8(3)11/h7H,4-5H2,1-3H3,(H,10,11)/t7-/m1/s1. The van der Waals surface area contributed by atoms with Crippen molar-refractivity contribution >= 4 is 17.7 Å². The van der Waals surface area contributed by atoms with Crippen LogP contribution in [0.2, 0.25) is 0 Å². The number of amides is 1. The maximum absolute atomic E-state index is 10.8. The van der Waals surface area contributed by atoms with Gasteiger partial charge in [0.15, 0.2) is 0 Å². The summed E-state index contributed by atoms with van der Waals surface area (Å²) in [6.45, 7) is 5.84. The summed E-state index contributed by atoms with van der Waals surface area (Å²) in [7, 11) is 0. The molecule has 68 valence electrons. The second kappa shape index (κ2) is 3.99. The largest absolute Gasteiger partial charge is 0.330 e. The third kappa shape index (κ3) is 2.55. The molecule has 0 aromatic rings. The van der Waals surface area contributed by atoms with Crippen LogP contribution in [0.1, 0.15) is 27.2 Å². The van der Waals surface area contributed by atoms with E-state index in [1.165, 1.54) is 5.57 Å². The highest BCUT2D eigenvalue weighted by Gasteiger charge is 2.15. The lowest BCUT2D eigenvalue weighted by Crippen LogP contribution is -2.25. The van der Waals surface area contributed by atoms with E-state index in [4.69, 9.17) is 0 Å². The van der Waals surface area contributed by atoms with E-state index in [9.17, 15) is 4.79 Å². The molecule has 0 saturated carbocycles. The van der Waals surface area contributed by atoms with Crippen LogP contribution in [0.3, 0.4) is 0 Å². The molecule has 0 aromatic carbocycles. The molecule has 0 aliphatic carbocycles. The van der Waals surface area contributed by atoms with Crippen LogP contribution in [-0.2, 0) is 4.79 Å². The monoisotopic (exact) mass is 185 g/mol. The van der Waals surface area contributed by atoms with Gasteiger partial charge in [-0.1, -0.05) is 6.92 Å². The van der Waals surface area contributed by atoms with Crippen molar-refractivity contribution in [2.45, 2.75) is 32.4 Å². The minimum absolute atomic E-state index is 0.0449. The van der Waals surface area contributed by atoms with E-state index in [0.717, 1.165) is 17.9 Å². The topological polar surface area (TPSA) is 29.1 Å². The molecule has 0 spiro atoms. The molecule has 1 atom stereocenters. The number of hydrogen-bond donors (Lipinski definition) is 1. The molecule has 2 nitrogen and oxygen atoms in total. The van der Waals surface area contributed by atoms with Gasteiger partial charge in [-0.25, -0.2) is 0 Å². The Morgan fingerprint density at radius 2 is 2.33 bits per heavy atom. The summed E-state index contributed by atoms with van der Waals surface area (Å²) in [6, 6.07) is 0. The molecule has 1 rings (SSSR count). The maximum Gasteiger partial charge on any atom is 0.220 e. The number of carbonyl (C=O) groups is 1. The van der Waals surface area contributed by atoms with E-state index in [2.05, 4.69) is 19.2 Å². The van der Waals surface area contributed by atoms with E-state index >= 15 is 0 Å². The summed E-state index contributed by atoms with van der Waals surface area (Å²) in [6.07, 6.45) is 0.996. The van der Waals surface area contributed by atoms with Crippen LogP contribution in [0.4, 0.5) is 0 Å². The van der Waals surface area contributed by atoms with Crippen LogP contribution in [0.25, 0.3) is 0 Å². The Morgan fingerprint density at radius 3 is 2.92 bits per heavy atom. The van der Waals surface area contributed by atoms with Gasteiger partial charge in [-0.3, -0.25) is 4.79 Å². The fourth-order valence-corrected chi connectivity index (χ4v) is 2.24. The lowest BCUT2D eigenvalue weighted by Gasteiger charge is -2.22. The lowest BCUT2D eigenvalue weighted by molar-refractivity contribution is -0.118. The zero-order chi connectivity index (χ0) is 9.14. The lowest BCUT2D eigenvalue weighted by atomic mass is 10.1. The molecule has 1 amide bonds. The number of thioether (sulfide) groups is 1. The van der Waals surface area contributed by atoms with Crippen molar-refractivity contribution in [3.8, 4) is 0 Å². The fourth-order valence-electron chi connectivity index (χ4n) is 1.25. The molecule has 12 heavy (non-hydrogen) atoms. The molecule has 1 aliphatic heterocycles. The van der Waals surface area contributed by atoms with Gasteiger partial charge in [-0.05, 0) is 18.9 Å². The molecule has 1 heterocycles. The van der Waals surface area contributed by atoms with Gasteiger partial charge >= 0.3 is 0 Å². The van der Waals surface area contributed by atoms with E-state index < -0.39 is 0 Å². The van der Waals surface area contributed by atoms with Crippen molar-refractivity contribution in [1.29, 1.82) is 0 Å². The van der Waals surface area contributed by atoms with Gasteiger partial charge in [0.2, 0.25) is 5.91 Å². The van der Waals surface area contributed by atoms with Gasteiger partial charge in [0.25, 0.3) is 0 Å². The van der Waals surface area contributed by atoms with Crippen molar-refractivity contribution in [2.24, 2.45) is 0 Å². The zero-order valence-electron chi connectivity index (χ0n) is 7.81. The Balaban J connectivity index is 2.64. The molecule has 0 fully saturated rings. The van der Waals surface area contributed by atoms with Gasteiger partial charge < -0.3 is 5.32 Å². The van der Waals surface area contributed by atoms with Gasteiger partial charge in [-0.2, -0.15) is 11.8 Å². The summed E-state index contributed by atoms with van der Waals surface area (Å²) in [4.78, 5) is 10.8. The van der Waals surface area contributed by atoms with E-state index in [-0.39, 0.29) is 5.91 Å². The molecular formula is C9H15NOS. The van der Waals surface area contributed by atoms with Crippen molar-refractivity contribution in [3.63, 3.8) is 0 Å². The van der Waals surface area contributed by atoms with Gasteiger partial charge in [-0.15, -0.1) is 0 Å². The molecule has 1 aliphatic rings. The normalized spacial score (nSPS) is 24.1. The Labute approximate surface area is 77.8 Å². The molecule has 0 unspecified atom stereocenters. The molecule has 3 heteroatoms. The Hall–Kier alpha value is -0.440. The first-order chi connectivity index (χ1) is 5.59. The first kappa shape index (κ1) is 9.65. The zero-order valence-corrected chi connectivity index (χ0v) is 8.62. The third-order valence-electron chi connectivity index (χ3n) is 1.92. The molecule has 0 saturated heterocycles. The summed E-state index contributed by atoms with van der Waals surface area (Å²) >= 11 is 1.95. The van der Waals surface area contributed by atoms with Crippen LogP contribution in [0.5, 0.6) is 0 Å². The highest BCUT2D eigenvalue weighted by atomic mass is 32.2. The first-order valence-electron chi connectivity index (χ1n) is 4.17. The second-order valence-corrected chi connectivity index (χ2v) is 4.69. The quantitative estimate of drug-likeness (QED) is 0.676. The van der Waals surface area contributed by atoms with Crippen LogP contribution in [-0.4, -0.2) is 16.9 Å². The summed E-state index contributed by atoms with van der Waals surface area (Å²) in [5.74, 6) is 1.10. The smallest absolute Gasteiger partial charge is 0.220 e. The molecule has 0 aromatic heterocycles. The Kier molecular flexibility index (Phi) is 3.20. The van der Waals surface area contributed by atoms with Crippen LogP contribution in [0, 0.1) is 0 Å². The number of hydrogen-bond acceptors (Lipinski definition) is 2. The summed E-state index contributed by atoms with van der Waals surface area (Å²) in [5.41, 5.74) is 2.45. The van der Waals surface area contributed by atoms with E-state index in [1.807, 2.05) is 11.8 Å². The minimum atomic E-state index is 0.0449. The van der Waals surface area contributed by atoms with Crippen molar-refractivity contribution in [1.82, 2.24) is 5.32 Å². The molecule has 0 radical (unpaired) electrons. The second-order valence-electron chi connectivity index (χ2n) is 3.27. The Morgan fingerprint density at radius 1 is 1.67 bits per heavy atom. The van der Waals surface area contributed by atoms with Gasteiger partial charge in [0, 0.05) is 23.6 Å². The number of allylic oxidation sites excluding steroid dienone is 1. The molecule has 1 N–H and O–H groups in total. The Bertz CT molecular complexity index is 223. The fraction of sp³-hybridized carbons (Fsp3) is 0.667. The highest BCUT2D eigenvalue weighted by Crippen LogP contribution is 2.27. The summed E-state index contributed by atoms with van der Waals surface area (Å²) in [5, 5.41) is 3.52. The van der Waals surface area contributed by atoms with E-state index in [1.54, 1.807) is 6.92 Å². The van der Waals surface area contributed by atoms with Gasteiger partial charge in [0.05, 0.1) is 0 Å². The van der Waals surface area contributed by atoms with Crippen LogP contribution >= 0.6 is 11.8 Å². The van der Waals surface area contributed by atoms with Crippen LogP contribution in [0.15, 0.2) is 11.3 Å². The van der Waals surface area contributed by atoms with Crippen molar-refractivity contribution in [3.05, 3.63) is 11.3 Å². The predicted molar refractivity (Wildman–Crippen MR) is 53.1 cm³/mol. The summed E-state index contributed by atoms with van der Waals surface area (Å²) < 4.78 is 0. The SMILES string of the molecule is CC(=O)NC1=C(C)CS[C@H](C)C1. The minimum Gasteiger partial charge on any atom is -0.330 e. The molecule has 0 bridgehead atoms. The van der Waals surface area contributed by atoms with E-state index in [0.29, 0.717) is 5.25 Å². The average Bonchev–Trinajstić information content (AvgIpc) is 1.96.